The average molecular weight is 205 g/mol. The molecule has 0 saturated carbocycles. The first-order valence-corrected chi connectivity index (χ1v) is 4.54. The molecule has 0 unspecified atom stereocenters. The van der Waals surface area contributed by atoms with Crippen LogP contribution in [0.3, 0.4) is 0 Å². The Morgan fingerprint density at radius 1 is 1.53 bits per heavy atom. The number of ether oxygens (including phenoxy) is 1. The first-order chi connectivity index (χ1) is 7.26. The largest absolute Gasteiger partial charge is 0.493 e. The second kappa shape index (κ2) is 3.74. The molecule has 0 spiro atoms. The van der Waals surface area contributed by atoms with E-state index in [0.717, 1.165) is 5.39 Å². The van der Waals surface area contributed by atoms with Gasteiger partial charge >= 0.3 is 0 Å². The molecule has 0 atom stereocenters. The minimum atomic E-state index is -0.114. The van der Waals surface area contributed by atoms with Crippen LogP contribution in [0.4, 0.5) is 0 Å². The van der Waals surface area contributed by atoms with Gasteiger partial charge in [0.25, 0.3) is 0 Å². The van der Waals surface area contributed by atoms with Crippen LogP contribution < -0.4 is 10.5 Å². The van der Waals surface area contributed by atoms with Crippen LogP contribution in [0.1, 0.15) is 10.4 Å². The number of fused-ring (bicyclic) bond motifs is 1. The van der Waals surface area contributed by atoms with Crippen molar-refractivity contribution < 1.29 is 13.9 Å². The second-order valence-electron chi connectivity index (χ2n) is 3.14. The molecule has 2 rings (SSSR count). The molecule has 0 aliphatic carbocycles. The van der Waals surface area contributed by atoms with Gasteiger partial charge in [-0.05, 0) is 18.2 Å². The summed E-state index contributed by atoms with van der Waals surface area (Å²) < 4.78 is 10.4. The number of benzene rings is 1. The van der Waals surface area contributed by atoms with Crippen LogP contribution in [0, 0.1) is 0 Å². The van der Waals surface area contributed by atoms with Crippen molar-refractivity contribution in [1.29, 1.82) is 0 Å². The van der Waals surface area contributed by atoms with Gasteiger partial charge in [-0.3, -0.25) is 4.79 Å². The quantitative estimate of drug-likeness (QED) is 0.772. The number of rotatable bonds is 3. The van der Waals surface area contributed by atoms with Gasteiger partial charge in [-0.25, -0.2) is 0 Å². The van der Waals surface area contributed by atoms with Crippen LogP contribution >= 0.6 is 0 Å². The minimum absolute atomic E-state index is 0.00743. The van der Waals surface area contributed by atoms with Crippen LogP contribution in [0.2, 0.25) is 0 Å². The number of Topliss-reactive ketones (excluding diaryl/α,β-unsaturated/α-hetero) is 1. The van der Waals surface area contributed by atoms with Crippen LogP contribution in [0.15, 0.2) is 28.9 Å². The van der Waals surface area contributed by atoms with Gasteiger partial charge in [-0.15, -0.1) is 0 Å². The Morgan fingerprint density at radius 3 is 3.00 bits per heavy atom. The van der Waals surface area contributed by atoms with Gasteiger partial charge in [0.15, 0.2) is 17.1 Å². The zero-order valence-corrected chi connectivity index (χ0v) is 8.32. The van der Waals surface area contributed by atoms with E-state index in [1.165, 1.54) is 7.11 Å². The molecular formula is C11H11NO3. The number of nitrogens with two attached hydrogens (primary N) is 1. The lowest BCUT2D eigenvalue weighted by atomic mass is 10.1. The van der Waals surface area contributed by atoms with E-state index in [1.807, 2.05) is 0 Å². The molecule has 0 radical (unpaired) electrons. The van der Waals surface area contributed by atoms with Crippen LogP contribution in [0.25, 0.3) is 11.0 Å². The number of methoxy groups -OCH3 is 1. The highest BCUT2D eigenvalue weighted by atomic mass is 16.5. The molecule has 0 amide bonds. The maximum Gasteiger partial charge on any atom is 0.176 e. The monoisotopic (exact) mass is 205 g/mol. The van der Waals surface area contributed by atoms with Crippen molar-refractivity contribution in [2.45, 2.75) is 0 Å². The Labute approximate surface area is 86.6 Å². The van der Waals surface area contributed by atoms with E-state index in [0.29, 0.717) is 16.9 Å². The lowest BCUT2D eigenvalue weighted by Gasteiger charge is -2.03. The lowest BCUT2D eigenvalue weighted by Crippen LogP contribution is -2.13. The van der Waals surface area contributed by atoms with Crippen molar-refractivity contribution >= 4 is 16.8 Å². The third-order valence-electron chi connectivity index (χ3n) is 2.24. The predicted octanol–water partition coefficient (Wildman–Crippen LogP) is 1.58. The highest BCUT2D eigenvalue weighted by Gasteiger charge is 2.11. The second-order valence-corrected chi connectivity index (χ2v) is 3.14. The van der Waals surface area contributed by atoms with E-state index >= 15 is 0 Å². The average Bonchev–Trinajstić information content (AvgIpc) is 2.74. The minimum Gasteiger partial charge on any atom is -0.493 e. The van der Waals surface area contributed by atoms with E-state index in [1.54, 1.807) is 24.5 Å². The third-order valence-corrected chi connectivity index (χ3v) is 2.24. The van der Waals surface area contributed by atoms with Gasteiger partial charge < -0.3 is 14.9 Å². The van der Waals surface area contributed by atoms with E-state index < -0.39 is 0 Å². The third kappa shape index (κ3) is 1.59. The van der Waals surface area contributed by atoms with Crippen LogP contribution in [0.5, 0.6) is 5.75 Å². The van der Waals surface area contributed by atoms with E-state index in [2.05, 4.69) is 0 Å². The van der Waals surface area contributed by atoms with Crippen molar-refractivity contribution in [3.8, 4) is 5.75 Å². The Bertz CT molecular complexity index is 502. The van der Waals surface area contributed by atoms with Gasteiger partial charge in [-0.2, -0.15) is 0 Å². The van der Waals surface area contributed by atoms with Gasteiger partial charge in [-0.1, -0.05) is 0 Å². The van der Waals surface area contributed by atoms with Crippen LogP contribution in [-0.2, 0) is 0 Å². The summed E-state index contributed by atoms with van der Waals surface area (Å²) in [4.78, 5) is 11.4. The standard InChI is InChI=1S/C11H11NO3/c1-14-10-5-8(9(13)6-12)4-7-2-3-15-11(7)10/h2-5H,6,12H2,1H3. The van der Waals surface area contributed by atoms with E-state index in [4.69, 9.17) is 14.9 Å². The van der Waals surface area contributed by atoms with E-state index in [9.17, 15) is 4.79 Å². The van der Waals surface area contributed by atoms with Crippen molar-refractivity contribution in [3.63, 3.8) is 0 Å². The summed E-state index contributed by atoms with van der Waals surface area (Å²) in [7, 11) is 1.54. The molecule has 2 N–H and O–H groups in total. The molecular weight excluding hydrogens is 194 g/mol. The fourth-order valence-electron chi connectivity index (χ4n) is 1.48. The lowest BCUT2D eigenvalue weighted by molar-refractivity contribution is 0.100. The Kier molecular flexibility index (Phi) is 2.43. The summed E-state index contributed by atoms with van der Waals surface area (Å²) in [6, 6.07) is 5.17. The van der Waals surface area contributed by atoms with E-state index in [-0.39, 0.29) is 12.3 Å². The summed E-state index contributed by atoms with van der Waals surface area (Å²) in [6.45, 7) is -0.00743. The molecule has 1 heterocycles. The molecule has 2 aromatic rings. The molecule has 1 aromatic heterocycles. The molecule has 0 saturated heterocycles. The SMILES string of the molecule is COc1cc(C(=O)CN)cc2ccoc12. The van der Waals surface area contributed by atoms with Crippen molar-refractivity contribution in [1.82, 2.24) is 0 Å². The molecule has 0 bridgehead atoms. The maximum absolute atomic E-state index is 11.4. The Balaban J connectivity index is 2.63. The summed E-state index contributed by atoms with van der Waals surface area (Å²) in [6.07, 6.45) is 1.56. The first-order valence-electron chi connectivity index (χ1n) is 4.54. The number of hydrogen-bond donors (Lipinski definition) is 1. The fraction of sp³-hybridized carbons (Fsp3) is 0.182. The highest BCUT2D eigenvalue weighted by Crippen LogP contribution is 2.28. The molecule has 0 fully saturated rings. The maximum atomic E-state index is 11.4. The molecule has 1 aromatic carbocycles. The summed E-state index contributed by atoms with van der Waals surface area (Å²) in [5, 5.41) is 0.839. The molecule has 0 aliphatic heterocycles. The smallest absolute Gasteiger partial charge is 0.176 e. The molecule has 15 heavy (non-hydrogen) atoms. The molecule has 78 valence electrons. The van der Waals surface area contributed by atoms with Gasteiger partial charge in [0, 0.05) is 10.9 Å². The van der Waals surface area contributed by atoms with Gasteiger partial charge in [0.1, 0.15) is 0 Å². The van der Waals surface area contributed by atoms with Crippen molar-refractivity contribution in [2.75, 3.05) is 13.7 Å². The zero-order valence-electron chi connectivity index (χ0n) is 8.32. The van der Waals surface area contributed by atoms with Crippen molar-refractivity contribution in [2.24, 2.45) is 5.73 Å². The number of ketones is 1. The number of carbonyl (C=O) groups is 1. The first kappa shape index (κ1) is 9.73. The highest BCUT2D eigenvalue weighted by molar-refractivity contribution is 6.01. The van der Waals surface area contributed by atoms with Crippen LogP contribution in [-0.4, -0.2) is 19.4 Å². The summed E-state index contributed by atoms with van der Waals surface area (Å²) in [5.41, 5.74) is 6.49. The Morgan fingerprint density at radius 2 is 2.33 bits per heavy atom. The Hall–Kier alpha value is -1.81. The number of furan rings is 1. The summed E-state index contributed by atoms with van der Waals surface area (Å²) >= 11 is 0. The molecule has 4 heteroatoms. The molecule has 0 aliphatic rings. The zero-order chi connectivity index (χ0) is 10.8. The van der Waals surface area contributed by atoms with Crippen molar-refractivity contribution in [3.05, 3.63) is 30.0 Å². The normalized spacial score (nSPS) is 10.5. The van der Waals surface area contributed by atoms with Gasteiger partial charge in [0.2, 0.25) is 0 Å². The number of carbonyl (C=O) groups excluding carboxylic acids is 1. The topological polar surface area (TPSA) is 65.5 Å². The molecule has 4 nitrogen and oxygen atoms in total. The summed E-state index contributed by atoms with van der Waals surface area (Å²) in [5.74, 6) is 0.436. The predicted molar refractivity (Wildman–Crippen MR) is 56.2 cm³/mol. The number of hydrogen-bond acceptors (Lipinski definition) is 4. The fourth-order valence-corrected chi connectivity index (χ4v) is 1.48. The van der Waals surface area contributed by atoms with Gasteiger partial charge in [0.05, 0.1) is 19.9 Å².